The number of hydrogen-bond donors (Lipinski definition) is 1. The summed E-state index contributed by atoms with van der Waals surface area (Å²) in [6.45, 7) is 4.31. The van der Waals surface area contributed by atoms with Crippen molar-refractivity contribution in [2.24, 2.45) is 0 Å². The summed E-state index contributed by atoms with van der Waals surface area (Å²) in [5, 5.41) is 7.53. The Balaban J connectivity index is 1.55. The van der Waals surface area contributed by atoms with Gasteiger partial charge in [0.05, 0.1) is 29.5 Å². The SMILES string of the molecule is CCN(CC(=O)Nc1cc(C(F)(F)F)ccc1-n1cncn1)C(C)c1cc2ccccc2o1. The molecule has 7 nitrogen and oxygen atoms in total. The summed E-state index contributed by atoms with van der Waals surface area (Å²) in [7, 11) is 0. The van der Waals surface area contributed by atoms with Crippen LogP contribution in [-0.4, -0.2) is 38.7 Å². The van der Waals surface area contributed by atoms with E-state index in [0.717, 1.165) is 23.1 Å². The van der Waals surface area contributed by atoms with Gasteiger partial charge in [-0.15, -0.1) is 0 Å². The fraction of sp³-hybridized carbons (Fsp3) is 0.261. The molecule has 2 aromatic carbocycles. The minimum absolute atomic E-state index is 0.00670. The van der Waals surface area contributed by atoms with Crippen molar-refractivity contribution in [3.63, 3.8) is 0 Å². The Bertz CT molecular complexity index is 1220. The second-order valence-electron chi connectivity index (χ2n) is 7.54. The third kappa shape index (κ3) is 4.90. The molecule has 0 saturated heterocycles. The van der Waals surface area contributed by atoms with Gasteiger partial charge in [-0.25, -0.2) is 9.67 Å². The zero-order valence-electron chi connectivity index (χ0n) is 18.0. The predicted molar refractivity (Wildman–Crippen MR) is 117 cm³/mol. The fourth-order valence-corrected chi connectivity index (χ4v) is 3.63. The Morgan fingerprint density at radius 3 is 2.67 bits per heavy atom. The van der Waals surface area contributed by atoms with Gasteiger partial charge in [-0.1, -0.05) is 25.1 Å². The van der Waals surface area contributed by atoms with Gasteiger partial charge in [-0.2, -0.15) is 18.3 Å². The molecular formula is C23H22F3N5O2. The second-order valence-corrected chi connectivity index (χ2v) is 7.54. The largest absolute Gasteiger partial charge is 0.459 e. The number of nitrogens with zero attached hydrogens (tertiary/aromatic N) is 4. The molecule has 2 heterocycles. The normalized spacial score (nSPS) is 12.9. The average Bonchev–Trinajstić information content (AvgIpc) is 3.46. The number of halogens is 3. The van der Waals surface area contributed by atoms with E-state index in [-0.39, 0.29) is 24.0 Å². The Morgan fingerprint density at radius 2 is 2.00 bits per heavy atom. The van der Waals surface area contributed by atoms with Crippen LogP contribution in [-0.2, 0) is 11.0 Å². The zero-order chi connectivity index (χ0) is 23.6. The lowest BCUT2D eigenvalue weighted by Crippen LogP contribution is -2.35. The van der Waals surface area contributed by atoms with Crippen molar-refractivity contribution in [2.45, 2.75) is 26.1 Å². The lowest BCUT2D eigenvalue weighted by Gasteiger charge is -2.26. The van der Waals surface area contributed by atoms with Crippen LogP contribution in [0.4, 0.5) is 18.9 Å². The molecule has 0 bridgehead atoms. The summed E-state index contributed by atoms with van der Waals surface area (Å²) in [5.41, 5.74) is 0.154. The molecule has 0 aliphatic heterocycles. The van der Waals surface area contributed by atoms with E-state index in [4.69, 9.17) is 4.42 Å². The molecule has 0 saturated carbocycles. The standard InChI is InChI=1S/C23H22F3N5O2/c1-3-30(15(2)21-10-16-6-4-5-7-20(16)33-21)12-22(32)29-18-11-17(23(24,25)26)8-9-19(18)31-14-27-13-28-31/h4-11,13-15H,3,12H2,1-2H3,(H,29,32). The summed E-state index contributed by atoms with van der Waals surface area (Å²) in [5.74, 6) is 0.244. The van der Waals surface area contributed by atoms with Crippen LogP contribution in [0.15, 0.2) is 65.6 Å². The van der Waals surface area contributed by atoms with Gasteiger partial charge < -0.3 is 9.73 Å². The van der Waals surface area contributed by atoms with Crippen LogP contribution in [0.1, 0.15) is 31.2 Å². The fourth-order valence-electron chi connectivity index (χ4n) is 3.63. The number of rotatable bonds is 7. The number of benzene rings is 2. The number of furan rings is 1. The lowest BCUT2D eigenvalue weighted by molar-refractivity contribution is -0.137. The van der Waals surface area contributed by atoms with Crippen LogP contribution in [0, 0.1) is 0 Å². The molecule has 4 aromatic rings. The molecule has 0 aliphatic carbocycles. The van der Waals surface area contributed by atoms with Crippen molar-refractivity contribution in [1.82, 2.24) is 19.7 Å². The molecule has 1 amide bonds. The molecule has 1 unspecified atom stereocenters. The first-order chi connectivity index (χ1) is 15.8. The molecule has 1 N–H and O–H groups in total. The highest BCUT2D eigenvalue weighted by Crippen LogP contribution is 2.33. The molecule has 0 radical (unpaired) electrons. The third-order valence-electron chi connectivity index (χ3n) is 5.42. The van der Waals surface area contributed by atoms with Crippen LogP contribution in [0.2, 0.25) is 0 Å². The van der Waals surface area contributed by atoms with Crippen LogP contribution < -0.4 is 5.32 Å². The first kappa shape index (κ1) is 22.5. The molecule has 1 atom stereocenters. The first-order valence-electron chi connectivity index (χ1n) is 10.3. The van der Waals surface area contributed by atoms with E-state index in [1.54, 1.807) is 0 Å². The van der Waals surface area contributed by atoms with E-state index in [1.165, 1.54) is 23.4 Å². The van der Waals surface area contributed by atoms with Gasteiger partial charge in [0.25, 0.3) is 0 Å². The van der Waals surface area contributed by atoms with Gasteiger partial charge in [0.1, 0.15) is 24.0 Å². The van der Waals surface area contributed by atoms with Gasteiger partial charge in [-0.3, -0.25) is 9.69 Å². The minimum Gasteiger partial charge on any atom is -0.459 e. The predicted octanol–water partition coefficient (Wildman–Crippen LogP) is 5.05. The molecule has 4 rings (SSSR count). The van der Waals surface area contributed by atoms with E-state index in [9.17, 15) is 18.0 Å². The molecule has 10 heteroatoms. The van der Waals surface area contributed by atoms with E-state index in [2.05, 4.69) is 15.4 Å². The third-order valence-corrected chi connectivity index (χ3v) is 5.42. The van der Waals surface area contributed by atoms with Gasteiger partial charge in [-0.05, 0) is 43.8 Å². The van der Waals surface area contributed by atoms with Crippen molar-refractivity contribution < 1.29 is 22.4 Å². The van der Waals surface area contributed by atoms with Gasteiger partial charge in [0.2, 0.25) is 5.91 Å². The summed E-state index contributed by atoms with van der Waals surface area (Å²) < 4.78 is 47.0. The molecule has 0 spiro atoms. The van der Waals surface area contributed by atoms with Crippen LogP contribution in [0.5, 0.6) is 0 Å². The Kier molecular flexibility index (Phi) is 6.19. The Labute approximate surface area is 187 Å². The van der Waals surface area contributed by atoms with E-state index < -0.39 is 17.6 Å². The highest BCUT2D eigenvalue weighted by molar-refractivity contribution is 5.94. The summed E-state index contributed by atoms with van der Waals surface area (Å²) in [6.07, 6.45) is -1.94. The molecule has 2 aromatic heterocycles. The van der Waals surface area contributed by atoms with Crippen LogP contribution in [0.25, 0.3) is 16.7 Å². The average molecular weight is 457 g/mol. The number of carbonyl (C=O) groups excluding carboxylic acids is 1. The quantitative estimate of drug-likeness (QED) is 0.420. The maximum absolute atomic E-state index is 13.3. The smallest absolute Gasteiger partial charge is 0.416 e. The molecule has 0 fully saturated rings. The van der Waals surface area contributed by atoms with E-state index in [0.29, 0.717) is 12.3 Å². The second kappa shape index (κ2) is 9.07. The number of aromatic nitrogens is 3. The van der Waals surface area contributed by atoms with Crippen molar-refractivity contribution in [3.8, 4) is 5.69 Å². The number of anilines is 1. The molecule has 33 heavy (non-hydrogen) atoms. The number of para-hydroxylation sites is 1. The van der Waals surface area contributed by atoms with Crippen LogP contribution >= 0.6 is 0 Å². The monoisotopic (exact) mass is 457 g/mol. The number of likely N-dealkylation sites (N-methyl/N-ethyl adjacent to an activating group) is 1. The number of carbonyl (C=O) groups is 1. The summed E-state index contributed by atoms with van der Waals surface area (Å²) in [6, 6.07) is 12.4. The Hall–Kier alpha value is -3.66. The number of amides is 1. The number of fused-ring (bicyclic) bond motifs is 1. The van der Waals surface area contributed by atoms with E-state index >= 15 is 0 Å². The van der Waals surface area contributed by atoms with Crippen molar-refractivity contribution in [1.29, 1.82) is 0 Å². The highest BCUT2D eigenvalue weighted by Gasteiger charge is 2.31. The first-order valence-corrected chi connectivity index (χ1v) is 10.3. The minimum atomic E-state index is -4.55. The number of alkyl halides is 3. The summed E-state index contributed by atoms with van der Waals surface area (Å²) in [4.78, 5) is 18.6. The topological polar surface area (TPSA) is 76.2 Å². The highest BCUT2D eigenvalue weighted by atomic mass is 19.4. The molecule has 172 valence electrons. The lowest BCUT2D eigenvalue weighted by atomic mass is 10.1. The van der Waals surface area contributed by atoms with Crippen molar-refractivity contribution in [3.05, 3.63) is 72.5 Å². The van der Waals surface area contributed by atoms with Crippen molar-refractivity contribution >= 4 is 22.6 Å². The zero-order valence-corrected chi connectivity index (χ0v) is 18.0. The van der Waals surface area contributed by atoms with Gasteiger partial charge in [0.15, 0.2) is 0 Å². The van der Waals surface area contributed by atoms with Crippen LogP contribution in [0.3, 0.4) is 0 Å². The molecular weight excluding hydrogens is 435 g/mol. The van der Waals surface area contributed by atoms with E-state index in [1.807, 2.05) is 49.1 Å². The maximum atomic E-state index is 13.3. The van der Waals surface area contributed by atoms with Gasteiger partial charge in [0, 0.05) is 5.39 Å². The van der Waals surface area contributed by atoms with Gasteiger partial charge >= 0.3 is 6.18 Å². The van der Waals surface area contributed by atoms with Crippen molar-refractivity contribution in [2.75, 3.05) is 18.4 Å². The number of hydrogen-bond acceptors (Lipinski definition) is 5. The molecule has 0 aliphatic rings. The maximum Gasteiger partial charge on any atom is 0.416 e. The Morgan fingerprint density at radius 1 is 1.21 bits per heavy atom. The number of nitrogens with one attached hydrogen (secondary N) is 1. The summed E-state index contributed by atoms with van der Waals surface area (Å²) >= 11 is 0.